The summed E-state index contributed by atoms with van der Waals surface area (Å²) in [6, 6.07) is 0. The van der Waals surface area contributed by atoms with Crippen LogP contribution in [-0.4, -0.2) is 101 Å². The largest absolute Gasteiger partial charge is 0.462 e. The summed E-state index contributed by atoms with van der Waals surface area (Å²) in [7, 11) is 2.29. The van der Waals surface area contributed by atoms with E-state index in [1.165, 1.54) is 51.4 Å². The van der Waals surface area contributed by atoms with E-state index in [-0.39, 0.29) is 0 Å². The number of hydrogen-bond donors (Lipinski definition) is 6. The molecule has 0 radical (unpaired) electrons. The van der Waals surface area contributed by atoms with Crippen LogP contribution in [-0.2, 0) is 47.8 Å². The van der Waals surface area contributed by atoms with Crippen molar-refractivity contribution < 1.29 is 47.8 Å². The van der Waals surface area contributed by atoms with Crippen molar-refractivity contribution in [2.24, 2.45) is 0 Å². The molecule has 312 valence electrons. The lowest BCUT2D eigenvalue weighted by Gasteiger charge is -2.08. The van der Waals surface area contributed by atoms with Crippen molar-refractivity contribution in [3.05, 3.63) is 0 Å². The molecule has 16 heteroatoms. The van der Waals surface area contributed by atoms with Crippen molar-refractivity contribution in [1.29, 1.82) is 0 Å². The molecule has 0 aromatic heterocycles. The molecule has 6 N–H and O–H groups in total. The summed E-state index contributed by atoms with van der Waals surface area (Å²) in [5.41, 5.74) is 0. The second-order valence-corrected chi connectivity index (χ2v) is 12.9. The number of nitrogens with one attached hydrogen (secondary N) is 6. The molecular formula is C38H70N6O10. The van der Waals surface area contributed by atoms with Crippen molar-refractivity contribution in [3.8, 4) is 0 Å². The van der Waals surface area contributed by atoms with Crippen LogP contribution in [0.15, 0.2) is 0 Å². The molecule has 0 fully saturated rings. The third-order valence-corrected chi connectivity index (χ3v) is 8.14. The van der Waals surface area contributed by atoms with E-state index in [4.69, 9.17) is 0 Å². The number of unbranched alkanes of at least 4 members (excludes halogenated alkanes) is 16. The molecule has 0 bridgehead atoms. The summed E-state index contributed by atoms with van der Waals surface area (Å²) in [5.74, 6) is -5.60. The first-order valence-corrected chi connectivity index (χ1v) is 19.9. The Bertz CT molecular complexity index is 991. The lowest BCUT2D eigenvalue weighted by atomic mass is 10.1. The number of carbonyl (C=O) groups is 8. The van der Waals surface area contributed by atoms with Gasteiger partial charge in [0, 0.05) is 39.3 Å². The van der Waals surface area contributed by atoms with Crippen molar-refractivity contribution in [2.75, 3.05) is 53.5 Å². The molecule has 0 aromatic rings. The van der Waals surface area contributed by atoms with E-state index in [2.05, 4.69) is 55.2 Å². The van der Waals surface area contributed by atoms with Crippen LogP contribution in [0.1, 0.15) is 142 Å². The summed E-state index contributed by atoms with van der Waals surface area (Å²) in [6.45, 7) is 7.14. The zero-order valence-electron chi connectivity index (χ0n) is 33.5. The minimum atomic E-state index is -0.907. The van der Waals surface area contributed by atoms with Crippen LogP contribution >= 0.6 is 0 Å². The normalized spacial score (nSPS) is 10.1. The molecule has 54 heavy (non-hydrogen) atoms. The topological polar surface area (TPSA) is 227 Å². The van der Waals surface area contributed by atoms with Gasteiger partial charge in [0.15, 0.2) is 0 Å². The predicted octanol–water partition coefficient (Wildman–Crippen LogP) is 2.86. The maximum Gasteiger partial charge on any atom is 0.396 e. The highest BCUT2D eigenvalue weighted by molar-refractivity contribution is 6.35. The minimum Gasteiger partial charge on any atom is -0.462 e. The lowest BCUT2D eigenvalue weighted by Crippen LogP contribution is -2.40. The molecule has 0 saturated carbocycles. The highest BCUT2D eigenvalue weighted by Gasteiger charge is 2.14. The first-order chi connectivity index (χ1) is 26.0. The van der Waals surface area contributed by atoms with Crippen molar-refractivity contribution in [2.45, 2.75) is 142 Å². The molecule has 16 nitrogen and oxygen atoms in total. The first-order valence-electron chi connectivity index (χ1n) is 19.9. The van der Waals surface area contributed by atoms with E-state index >= 15 is 0 Å². The molecular weight excluding hydrogens is 700 g/mol. The Morgan fingerprint density at radius 2 is 0.481 bits per heavy atom. The van der Waals surface area contributed by atoms with E-state index in [9.17, 15) is 38.4 Å². The number of esters is 2. The Balaban J connectivity index is 0. The Hall–Kier alpha value is -4.24. The van der Waals surface area contributed by atoms with Crippen molar-refractivity contribution in [3.63, 3.8) is 0 Å². The molecule has 0 aliphatic heterocycles. The summed E-state index contributed by atoms with van der Waals surface area (Å²) < 4.78 is 8.49. The maximum absolute atomic E-state index is 11.8. The number of ether oxygens (including phenoxy) is 2. The summed E-state index contributed by atoms with van der Waals surface area (Å²) >= 11 is 0. The molecule has 0 unspecified atom stereocenters. The fraction of sp³-hybridized carbons (Fsp3) is 0.789. The molecule has 0 rings (SSSR count). The van der Waals surface area contributed by atoms with Gasteiger partial charge in [0.1, 0.15) is 0 Å². The molecule has 6 amide bonds. The molecule has 0 spiro atoms. The van der Waals surface area contributed by atoms with Gasteiger partial charge in [0.25, 0.3) is 0 Å². The average Bonchev–Trinajstić information content (AvgIpc) is 3.17. The molecule has 0 aromatic carbocycles. The Morgan fingerprint density at radius 1 is 0.296 bits per heavy atom. The Kier molecular flexibility index (Phi) is 37.0. The molecule has 0 saturated heterocycles. The first kappa shape index (κ1) is 51.9. The lowest BCUT2D eigenvalue weighted by molar-refractivity contribution is -0.152. The average molecular weight is 771 g/mol. The smallest absolute Gasteiger partial charge is 0.396 e. The predicted molar refractivity (Wildman–Crippen MR) is 206 cm³/mol. The van der Waals surface area contributed by atoms with Crippen LogP contribution < -0.4 is 31.9 Å². The van der Waals surface area contributed by atoms with Gasteiger partial charge in [0.2, 0.25) is 0 Å². The van der Waals surface area contributed by atoms with Crippen LogP contribution in [0.4, 0.5) is 0 Å². The maximum atomic E-state index is 11.8. The number of rotatable bonds is 28. The van der Waals surface area contributed by atoms with Crippen LogP contribution in [0.2, 0.25) is 0 Å². The van der Waals surface area contributed by atoms with Crippen LogP contribution in [0.3, 0.4) is 0 Å². The highest BCUT2D eigenvalue weighted by atomic mass is 16.5. The van der Waals surface area contributed by atoms with Gasteiger partial charge >= 0.3 is 47.4 Å². The standard InChI is InChI=1S/C26H50N4O4.C12H20N2O6/c1-3-5-7-9-11-15-19-27-23(31)25(33)29-21-17-13-14-18-22-30-26(34)24(32)28-20-16-12-10-8-6-4-2;1-19-11(17)9(15)13-7-5-3-4-6-8-14-10(16)12(18)20-2/h3-22H2,1-2H3,(H,27,31)(H,28,32)(H,29,33)(H,30,34);3-8H2,1-2H3,(H,13,15)(H,14,16). The van der Waals surface area contributed by atoms with E-state index < -0.39 is 47.4 Å². The van der Waals surface area contributed by atoms with Crippen LogP contribution in [0.25, 0.3) is 0 Å². The van der Waals surface area contributed by atoms with Crippen molar-refractivity contribution >= 4 is 47.4 Å². The van der Waals surface area contributed by atoms with Gasteiger partial charge in [-0.15, -0.1) is 0 Å². The van der Waals surface area contributed by atoms with Gasteiger partial charge in [-0.25, -0.2) is 9.59 Å². The number of amides is 6. The van der Waals surface area contributed by atoms with Crippen LogP contribution in [0.5, 0.6) is 0 Å². The summed E-state index contributed by atoms with van der Waals surface area (Å²) in [6.07, 6.45) is 20.1. The van der Waals surface area contributed by atoms with E-state index in [1.807, 2.05) is 0 Å². The zero-order chi connectivity index (χ0) is 40.7. The van der Waals surface area contributed by atoms with Crippen LogP contribution in [0, 0.1) is 0 Å². The Morgan fingerprint density at radius 3 is 0.685 bits per heavy atom. The monoisotopic (exact) mass is 771 g/mol. The van der Waals surface area contributed by atoms with Gasteiger partial charge in [0.05, 0.1) is 14.2 Å². The fourth-order valence-electron chi connectivity index (χ4n) is 4.88. The summed E-state index contributed by atoms with van der Waals surface area (Å²) in [5, 5.41) is 15.4. The van der Waals surface area contributed by atoms with Gasteiger partial charge in [-0.3, -0.25) is 28.8 Å². The second kappa shape index (κ2) is 38.5. The third-order valence-electron chi connectivity index (χ3n) is 8.14. The molecule has 0 heterocycles. The second-order valence-electron chi connectivity index (χ2n) is 12.9. The van der Waals surface area contributed by atoms with Crippen molar-refractivity contribution in [1.82, 2.24) is 31.9 Å². The number of methoxy groups -OCH3 is 2. The van der Waals surface area contributed by atoms with E-state index in [0.717, 1.165) is 78.4 Å². The van der Waals surface area contributed by atoms with Gasteiger partial charge in [-0.1, -0.05) is 104 Å². The highest BCUT2D eigenvalue weighted by Crippen LogP contribution is 2.05. The fourth-order valence-corrected chi connectivity index (χ4v) is 4.88. The summed E-state index contributed by atoms with van der Waals surface area (Å²) in [4.78, 5) is 90.5. The number of carbonyl (C=O) groups excluding carboxylic acids is 8. The minimum absolute atomic E-state index is 0.391. The number of hydrogen-bond acceptors (Lipinski definition) is 10. The van der Waals surface area contributed by atoms with E-state index in [1.54, 1.807) is 0 Å². The molecule has 0 aliphatic carbocycles. The zero-order valence-corrected chi connectivity index (χ0v) is 33.5. The van der Waals surface area contributed by atoms with Gasteiger partial charge in [-0.2, -0.15) is 0 Å². The Labute approximate surface area is 322 Å². The van der Waals surface area contributed by atoms with Gasteiger partial charge in [-0.05, 0) is 38.5 Å². The van der Waals surface area contributed by atoms with E-state index in [0.29, 0.717) is 52.1 Å². The quantitative estimate of drug-likeness (QED) is 0.0387. The SMILES string of the molecule is CCCCCCCCNC(=O)C(=O)NCCCCCCNC(=O)C(=O)NCCCCCCCC.COC(=O)C(=O)NCCCCCCNC(=O)C(=O)OC. The molecule has 0 aliphatic rings. The molecule has 0 atom stereocenters. The van der Waals surface area contributed by atoms with Gasteiger partial charge < -0.3 is 41.4 Å². The third kappa shape index (κ3) is 33.6.